The van der Waals surface area contributed by atoms with Crippen molar-refractivity contribution >= 4 is 11.9 Å². The van der Waals surface area contributed by atoms with Gasteiger partial charge in [0.15, 0.2) is 0 Å². The maximum atomic E-state index is 11.5. The van der Waals surface area contributed by atoms with Gasteiger partial charge in [0.1, 0.15) is 6.04 Å². The number of amides is 1. The Morgan fingerprint density at radius 3 is 2.39 bits per heavy atom. The predicted molar refractivity (Wildman–Crippen MR) is 66.0 cm³/mol. The van der Waals surface area contributed by atoms with E-state index in [1.54, 1.807) is 4.90 Å². The maximum absolute atomic E-state index is 11.5. The molecule has 2 aliphatic rings. The van der Waals surface area contributed by atoms with E-state index in [0.717, 1.165) is 32.2 Å². The molecule has 0 aromatic heterocycles. The van der Waals surface area contributed by atoms with Crippen LogP contribution in [0.15, 0.2) is 0 Å². The number of likely N-dealkylation sites (tertiary alicyclic amines) is 2. The van der Waals surface area contributed by atoms with E-state index in [2.05, 4.69) is 4.90 Å². The molecule has 18 heavy (non-hydrogen) atoms. The zero-order chi connectivity index (χ0) is 13.1. The third kappa shape index (κ3) is 2.64. The van der Waals surface area contributed by atoms with Gasteiger partial charge in [-0.05, 0) is 32.2 Å². The second-order valence-electron chi connectivity index (χ2n) is 5.05. The third-order valence-corrected chi connectivity index (χ3v) is 4.04. The summed E-state index contributed by atoms with van der Waals surface area (Å²) in [7, 11) is 0. The number of hydrogen-bond donors (Lipinski definition) is 2. The number of piperidine rings is 1. The van der Waals surface area contributed by atoms with Crippen LogP contribution in [-0.2, 0) is 9.59 Å². The largest absolute Gasteiger partial charge is 0.480 e. The van der Waals surface area contributed by atoms with Crippen molar-refractivity contribution in [3.8, 4) is 0 Å². The fourth-order valence-corrected chi connectivity index (χ4v) is 3.07. The molecule has 6 nitrogen and oxygen atoms in total. The number of hydrogen-bond acceptors (Lipinski definition) is 4. The highest BCUT2D eigenvalue weighted by atomic mass is 16.4. The Morgan fingerprint density at radius 2 is 1.83 bits per heavy atom. The predicted octanol–water partition coefficient (Wildman–Crippen LogP) is -0.515. The molecule has 6 heteroatoms. The lowest BCUT2D eigenvalue weighted by atomic mass is 10.0. The van der Waals surface area contributed by atoms with Crippen molar-refractivity contribution in [3.63, 3.8) is 0 Å². The number of aliphatic carboxylic acids is 1. The normalized spacial score (nSPS) is 26.5. The minimum atomic E-state index is -0.715. The molecule has 102 valence electrons. The number of nitrogens with zero attached hydrogens (tertiary/aromatic N) is 2. The van der Waals surface area contributed by atoms with Crippen LogP contribution in [-0.4, -0.2) is 65.0 Å². The molecule has 3 N–H and O–H groups in total. The second-order valence-corrected chi connectivity index (χ2v) is 5.05. The van der Waals surface area contributed by atoms with Gasteiger partial charge in [-0.15, -0.1) is 0 Å². The van der Waals surface area contributed by atoms with Crippen molar-refractivity contribution in [1.82, 2.24) is 9.80 Å². The summed E-state index contributed by atoms with van der Waals surface area (Å²) in [5.41, 5.74) is 5.34. The number of carboxylic acids is 1. The van der Waals surface area contributed by atoms with Gasteiger partial charge >= 0.3 is 5.97 Å². The molecule has 0 radical (unpaired) electrons. The molecule has 0 bridgehead atoms. The summed E-state index contributed by atoms with van der Waals surface area (Å²) in [6.07, 6.45) is 3.42. The molecule has 1 unspecified atom stereocenters. The molecular weight excluding hydrogens is 234 g/mol. The van der Waals surface area contributed by atoms with Crippen LogP contribution in [0.25, 0.3) is 0 Å². The van der Waals surface area contributed by atoms with Crippen molar-refractivity contribution in [2.45, 2.75) is 37.8 Å². The smallest absolute Gasteiger partial charge is 0.320 e. The summed E-state index contributed by atoms with van der Waals surface area (Å²) in [5, 5.41) is 9.17. The summed E-state index contributed by atoms with van der Waals surface area (Å²) in [4.78, 5) is 26.5. The Balaban J connectivity index is 1.89. The van der Waals surface area contributed by atoms with Crippen LogP contribution in [0.2, 0.25) is 0 Å². The zero-order valence-corrected chi connectivity index (χ0v) is 10.5. The third-order valence-electron chi connectivity index (χ3n) is 4.04. The lowest BCUT2D eigenvalue weighted by molar-refractivity contribution is -0.144. The number of carbonyl (C=O) groups excluding carboxylic acids is 1. The van der Waals surface area contributed by atoms with E-state index in [0.29, 0.717) is 19.1 Å². The fourth-order valence-electron chi connectivity index (χ4n) is 3.07. The molecule has 2 heterocycles. The number of carboxylic acid groups (broad SMARTS) is 1. The van der Waals surface area contributed by atoms with Gasteiger partial charge in [0, 0.05) is 19.1 Å². The molecule has 2 fully saturated rings. The number of nitrogens with two attached hydrogens (primary N) is 1. The Morgan fingerprint density at radius 1 is 1.17 bits per heavy atom. The first-order valence-corrected chi connectivity index (χ1v) is 6.60. The van der Waals surface area contributed by atoms with Gasteiger partial charge < -0.3 is 15.7 Å². The van der Waals surface area contributed by atoms with E-state index in [1.165, 1.54) is 0 Å². The van der Waals surface area contributed by atoms with Crippen molar-refractivity contribution in [2.75, 3.05) is 26.2 Å². The molecule has 2 saturated heterocycles. The van der Waals surface area contributed by atoms with Gasteiger partial charge in [0.05, 0.1) is 6.54 Å². The van der Waals surface area contributed by atoms with Crippen LogP contribution >= 0.6 is 0 Å². The molecule has 1 atom stereocenters. The lowest BCUT2D eigenvalue weighted by Gasteiger charge is -2.38. The highest BCUT2D eigenvalue weighted by molar-refractivity contribution is 5.78. The minimum Gasteiger partial charge on any atom is -0.480 e. The van der Waals surface area contributed by atoms with E-state index in [-0.39, 0.29) is 18.5 Å². The van der Waals surface area contributed by atoms with Crippen LogP contribution < -0.4 is 5.73 Å². The number of rotatable bonds is 3. The zero-order valence-electron chi connectivity index (χ0n) is 10.5. The first kappa shape index (κ1) is 13.3. The van der Waals surface area contributed by atoms with E-state index < -0.39 is 5.97 Å². The van der Waals surface area contributed by atoms with E-state index in [4.69, 9.17) is 10.8 Å². The molecule has 2 aliphatic heterocycles. The first-order chi connectivity index (χ1) is 8.63. The summed E-state index contributed by atoms with van der Waals surface area (Å²) < 4.78 is 0. The standard InChI is InChI=1S/C12H21N3O3/c13-8-11(16)14-6-3-9(4-7-14)15-5-1-2-10(15)12(17)18/h9-10H,1-8,13H2,(H,17,18). The highest BCUT2D eigenvalue weighted by Crippen LogP contribution is 2.26. The average Bonchev–Trinajstić information content (AvgIpc) is 2.87. The van der Waals surface area contributed by atoms with Gasteiger partial charge in [-0.3, -0.25) is 14.5 Å². The number of carbonyl (C=O) groups is 2. The van der Waals surface area contributed by atoms with Crippen LogP contribution in [0.4, 0.5) is 0 Å². The summed E-state index contributed by atoms with van der Waals surface area (Å²) in [5.74, 6) is -0.724. The van der Waals surface area contributed by atoms with Gasteiger partial charge in [-0.2, -0.15) is 0 Å². The van der Waals surface area contributed by atoms with Crippen LogP contribution in [0.1, 0.15) is 25.7 Å². The first-order valence-electron chi connectivity index (χ1n) is 6.60. The van der Waals surface area contributed by atoms with Crippen molar-refractivity contribution < 1.29 is 14.7 Å². The van der Waals surface area contributed by atoms with E-state index in [9.17, 15) is 9.59 Å². The molecule has 0 saturated carbocycles. The van der Waals surface area contributed by atoms with Crippen LogP contribution in [0, 0.1) is 0 Å². The minimum absolute atomic E-state index is 0.00958. The van der Waals surface area contributed by atoms with E-state index in [1.807, 2.05) is 0 Å². The summed E-state index contributed by atoms with van der Waals surface area (Å²) in [6, 6.07) is -0.0258. The topological polar surface area (TPSA) is 86.9 Å². The molecule has 0 spiro atoms. The molecular formula is C12H21N3O3. The van der Waals surface area contributed by atoms with Crippen LogP contribution in [0.3, 0.4) is 0 Å². The SMILES string of the molecule is NCC(=O)N1CCC(N2CCCC2C(=O)O)CC1. The fraction of sp³-hybridized carbons (Fsp3) is 0.833. The Labute approximate surface area is 107 Å². The van der Waals surface area contributed by atoms with Gasteiger partial charge in [0.2, 0.25) is 5.91 Å². The Kier molecular flexibility index (Phi) is 4.19. The second kappa shape index (κ2) is 5.67. The van der Waals surface area contributed by atoms with Gasteiger partial charge in [-0.25, -0.2) is 0 Å². The van der Waals surface area contributed by atoms with Gasteiger partial charge in [-0.1, -0.05) is 0 Å². The maximum Gasteiger partial charge on any atom is 0.320 e. The monoisotopic (exact) mass is 255 g/mol. The average molecular weight is 255 g/mol. The van der Waals surface area contributed by atoms with Crippen molar-refractivity contribution in [2.24, 2.45) is 5.73 Å². The van der Waals surface area contributed by atoms with Crippen LogP contribution in [0.5, 0.6) is 0 Å². The highest BCUT2D eigenvalue weighted by Gasteiger charge is 2.36. The Hall–Kier alpha value is -1.14. The van der Waals surface area contributed by atoms with Crippen molar-refractivity contribution in [3.05, 3.63) is 0 Å². The molecule has 0 aromatic carbocycles. The molecule has 0 aromatic rings. The lowest BCUT2D eigenvalue weighted by Crippen LogP contribution is -2.50. The van der Waals surface area contributed by atoms with Gasteiger partial charge in [0.25, 0.3) is 0 Å². The summed E-state index contributed by atoms with van der Waals surface area (Å²) >= 11 is 0. The summed E-state index contributed by atoms with van der Waals surface area (Å²) in [6.45, 7) is 2.33. The van der Waals surface area contributed by atoms with Crippen molar-refractivity contribution in [1.29, 1.82) is 0 Å². The van der Waals surface area contributed by atoms with E-state index >= 15 is 0 Å². The molecule has 1 amide bonds. The quantitative estimate of drug-likeness (QED) is 0.709. The molecule has 2 rings (SSSR count). The molecule has 0 aliphatic carbocycles. The Bertz CT molecular complexity index is 327.